The van der Waals surface area contributed by atoms with Crippen molar-refractivity contribution in [3.05, 3.63) is 0 Å². The quantitative estimate of drug-likeness (QED) is 0.784. The average molecular weight is 278 g/mol. The zero-order valence-electron chi connectivity index (χ0n) is 11.0. The van der Waals surface area contributed by atoms with Gasteiger partial charge in [-0.1, -0.05) is 0 Å². The first-order valence-electron chi connectivity index (χ1n) is 6.45. The summed E-state index contributed by atoms with van der Waals surface area (Å²) in [6.07, 6.45) is 0.818. The molecule has 0 amide bonds. The van der Waals surface area contributed by atoms with Crippen molar-refractivity contribution < 1.29 is 17.9 Å². The Morgan fingerprint density at radius 2 is 1.94 bits per heavy atom. The summed E-state index contributed by atoms with van der Waals surface area (Å²) in [4.78, 5) is 0. The Morgan fingerprint density at radius 1 is 1.28 bits per heavy atom. The molecule has 0 saturated carbocycles. The molecule has 2 rings (SSSR count). The molecular weight excluding hydrogens is 256 g/mol. The van der Waals surface area contributed by atoms with Gasteiger partial charge in [0.05, 0.1) is 18.8 Å². The number of rotatable bonds is 4. The molecule has 0 radical (unpaired) electrons. The molecule has 18 heavy (non-hydrogen) atoms. The first-order valence-corrected chi connectivity index (χ1v) is 7.89. The normalized spacial score (nSPS) is 34.9. The topological polar surface area (TPSA) is 67.9 Å². The van der Waals surface area contributed by atoms with Crippen LogP contribution in [-0.2, 0) is 19.7 Å². The van der Waals surface area contributed by atoms with Crippen LogP contribution in [0.2, 0.25) is 0 Å². The summed E-state index contributed by atoms with van der Waals surface area (Å²) in [6, 6.07) is 0. The van der Waals surface area contributed by atoms with Crippen LogP contribution in [0.15, 0.2) is 0 Å². The third kappa shape index (κ3) is 3.64. The van der Waals surface area contributed by atoms with Crippen LogP contribution in [0.25, 0.3) is 0 Å². The average Bonchev–Trinajstić information content (AvgIpc) is 2.78. The van der Waals surface area contributed by atoms with Gasteiger partial charge in [-0.05, 0) is 26.2 Å². The van der Waals surface area contributed by atoms with Crippen LogP contribution in [0.4, 0.5) is 0 Å². The number of nitrogens with one attached hydrogen (secondary N) is 1. The molecule has 0 bridgehead atoms. The minimum atomic E-state index is -3.39. The maximum atomic E-state index is 12.2. The summed E-state index contributed by atoms with van der Waals surface area (Å²) < 4.78 is 39.2. The van der Waals surface area contributed by atoms with E-state index in [1.807, 2.05) is 13.8 Å². The molecule has 2 saturated heterocycles. The van der Waals surface area contributed by atoms with Crippen molar-refractivity contribution >= 4 is 10.2 Å². The predicted octanol–water partition coefficient (Wildman–Crippen LogP) is -0.0335. The Hall–Kier alpha value is -0.210. The van der Waals surface area contributed by atoms with Crippen molar-refractivity contribution in [1.82, 2.24) is 9.03 Å². The molecule has 0 aliphatic carbocycles. The molecule has 2 fully saturated rings. The van der Waals surface area contributed by atoms with Gasteiger partial charge in [0, 0.05) is 26.2 Å². The minimum Gasteiger partial charge on any atom is -0.381 e. The Kier molecular flexibility index (Phi) is 4.60. The van der Waals surface area contributed by atoms with E-state index in [1.54, 1.807) is 0 Å². The van der Waals surface area contributed by atoms with Crippen LogP contribution in [0.5, 0.6) is 0 Å². The summed E-state index contributed by atoms with van der Waals surface area (Å²) in [6.45, 7) is 6.46. The highest BCUT2D eigenvalue weighted by Crippen LogP contribution is 2.15. The Bertz CT molecular complexity index is 357. The fourth-order valence-corrected chi connectivity index (χ4v) is 3.83. The molecule has 2 aliphatic heterocycles. The minimum absolute atomic E-state index is 0.0554. The van der Waals surface area contributed by atoms with Crippen LogP contribution in [0.1, 0.15) is 20.3 Å². The van der Waals surface area contributed by atoms with Gasteiger partial charge in [-0.15, -0.1) is 0 Å². The number of morpholine rings is 1. The van der Waals surface area contributed by atoms with Crippen molar-refractivity contribution in [3.8, 4) is 0 Å². The summed E-state index contributed by atoms with van der Waals surface area (Å²) in [5.41, 5.74) is 0. The summed E-state index contributed by atoms with van der Waals surface area (Å²) >= 11 is 0. The lowest BCUT2D eigenvalue weighted by Crippen LogP contribution is -2.52. The molecule has 0 spiro atoms. The molecule has 0 aromatic heterocycles. The lowest BCUT2D eigenvalue weighted by Gasteiger charge is -2.34. The first-order chi connectivity index (χ1) is 8.47. The van der Waals surface area contributed by atoms with Crippen molar-refractivity contribution in [2.24, 2.45) is 5.92 Å². The van der Waals surface area contributed by atoms with Gasteiger partial charge in [0.2, 0.25) is 0 Å². The number of hydrogen-bond acceptors (Lipinski definition) is 4. The van der Waals surface area contributed by atoms with Crippen LogP contribution in [0, 0.1) is 5.92 Å². The van der Waals surface area contributed by atoms with Gasteiger partial charge in [0.1, 0.15) is 0 Å². The third-order valence-electron chi connectivity index (χ3n) is 3.30. The first kappa shape index (κ1) is 14.2. The maximum absolute atomic E-state index is 12.2. The second-order valence-corrected chi connectivity index (χ2v) is 6.91. The molecule has 6 nitrogen and oxygen atoms in total. The van der Waals surface area contributed by atoms with Crippen LogP contribution >= 0.6 is 0 Å². The highest BCUT2D eigenvalue weighted by Gasteiger charge is 2.31. The molecule has 7 heteroatoms. The van der Waals surface area contributed by atoms with E-state index in [0.717, 1.165) is 13.0 Å². The van der Waals surface area contributed by atoms with Crippen LogP contribution in [-0.4, -0.2) is 57.8 Å². The highest BCUT2D eigenvalue weighted by molar-refractivity contribution is 7.87. The summed E-state index contributed by atoms with van der Waals surface area (Å²) in [5, 5.41) is 0. The van der Waals surface area contributed by atoms with Gasteiger partial charge in [-0.2, -0.15) is 12.7 Å². The maximum Gasteiger partial charge on any atom is 0.279 e. The van der Waals surface area contributed by atoms with E-state index >= 15 is 0 Å². The van der Waals surface area contributed by atoms with Gasteiger partial charge in [-0.3, -0.25) is 0 Å². The van der Waals surface area contributed by atoms with Crippen molar-refractivity contribution in [1.29, 1.82) is 0 Å². The molecular formula is C11H22N2O4S. The second kappa shape index (κ2) is 5.83. The molecule has 0 aromatic rings. The second-order valence-electron chi connectivity index (χ2n) is 5.16. The lowest BCUT2D eigenvalue weighted by atomic mass is 10.1. The predicted molar refractivity (Wildman–Crippen MR) is 67.4 cm³/mol. The Balaban J connectivity index is 1.88. The molecule has 0 aromatic carbocycles. The van der Waals surface area contributed by atoms with Crippen molar-refractivity contribution in [2.45, 2.75) is 32.5 Å². The van der Waals surface area contributed by atoms with Gasteiger partial charge < -0.3 is 9.47 Å². The Labute approximate surface area is 109 Å². The largest absolute Gasteiger partial charge is 0.381 e. The van der Waals surface area contributed by atoms with E-state index in [1.165, 1.54) is 4.31 Å². The fourth-order valence-electron chi connectivity index (χ4n) is 2.39. The monoisotopic (exact) mass is 278 g/mol. The Morgan fingerprint density at radius 3 is 2.50 bits per heavy atom. The standard InChI is InChI=1S/C11H22N2O4S/c1-9-6-13(7-10(2)17-9)18(14,15)12-5-11-3-4-16-8-11/h9-12H,3-8H2,1-2H3/t9-,10+,11-/m1/s1. The molecule has 1 N–H and O–H groups in total. The van der Waals surface area contributed by atoms with Gasteiger partial charge in [0.15, 0.2) is 0 Å². The van der Waals surface area contributed by atoms with E-state index in [-0.39, 0.29) is 12.2 Å². The van der Waals surface area contributed by atoms with Gasteiger partial charge >= 0.3 is 0 Å². The summed E-state index contributed by atoms with van der Waals surface area (Å²) in [7, 11) is -3.39. The zero-order valence-corrected chi connectivity index (χ0v) is 11.8. The van der Waals surface area contributed by atoms with E-state index in [4.69, 9.17) is 9.47 Å². The fraction of sp³-hybridized carbons (Fsp3) is 1.00. The third-order valence-corrected chi connectivity index (χ3v) is 4.81. The SMILES string of the molecule is C[C@@H]1CN(S(=O)(=O)NC[C@H]2CCOC2)C[C@H](C)O1. The van der Waals surface area contributed by atoms with Gasteiger partial charge in [0.25, 0.3) is 10.2 Å². The van der Waals surface area contributed by atoms with E-state index in [2.05, 4.69) is 4.72 Å². The van der Waals surface area contributed by atoms with E-state index < -0.39 is 10.2 Å². The number of ether oxygens (including phenoxy) is 2. The van der Waals surface area contributed by atoms with Crippen molar-refractivity contribution in [3.63, 3.8) is 0 Å². The molecule has 0 unspecified atom stereocenters. The highest BCUT2D eigenvalue weighted by atomic mass is 32.2. The lowest BCUT2D eigenvalue weighted by molar-refractivity contribution is -0.0444. The molecule has 2 aliphatic rings. The van der Waals surface area contributed by atoms with E-state index in [0.29, 0.717) is 32.2 Å². The smallest absolute Gasteiger partial charge is 0.279 e. The molecule has 2 heterocycles. The number of nitrogens with zero attached hydrogens (tertiary/aromatic N) is 1. The molecule has 106 valence electrons. The zero-order chi connectivity index (χ0) is 13.2. The summed E-state index contributed by atoms with van der Waals surface area (Å²) in [5.74, 6) is 0.302. The number of hydrogen-bond donors (Lipinski definition) is 1. The van der Waals surface area contributed by atoms with Gasteiger partial charge in [-0.25, -0.2) is 4.72 Å². The van der Waals surface area contributed by atoms with Crippen molar-refractivity contribution in [2.75, 3.05) is 32.8 Å². The van der Waals surface area contributed by atoms with Crippen LogP contribution in [0.3, 0.4) is 0 Å². The molecule has 3 atom stereocenters. The van der Waals surface area contributed by atoms with E-state index in [9.17, 15) is 8.42 Å². The van der Waals surface area contributed by atoms with Crippen LogP contribution < -0.4 is 4.72 Å².